The Labute approximate surface area is 112 Å². The summed E-state index contributed by atoms with van der Waals surface area (Å²) in [6.45, 7) is 4.46. The molecular weight excluding hydrogens is 244 g/mol. The lowest BCUT2D eigenvalue weighted by Gasteiger charge is -2.35. The van der Waals surface area contributed by atoms with Crippen molar-refractivity contribution >= 4 is 17.5 Å². The van der Waals surface area contributed by atoms with Crippen molar-refractivity contribution in [2.45, 2.75) is 39.2 Å². The van der Waals surface area contributed by atoms with E-state index >= 15 is 0 Å². The zero-order chi connectivity index (χ0) is 14.0. The number of primary amides is 1. The molecule has 1 saturated heterocycles. The highest BCUT2D eigenvalue weighted by Gasteiger charge is 2.29. The average molecular weight is 264 g/mol. The number of nitrogen functional groups attached to an aromatic ring is 1. The van der Waals surface area contributed by atoms with Gasteiger partial charge in [-0.1, -0.05) is 0 Å². The molecule has 0 radical (unpaired) electrons. The number of nitrogens with two attached hydrogens (primary N) is 2. The monoisotopic (exact) mass is 264 g/mol. The first-order valence-electron chi connectivity index (χ1n) is 6.42. The van der Waals surface area contributed by atoms with E-state index in [0.29, 0.717) is 11.6 Å². The Morgan fingerprint density at radius 2 is 2.11 bits per heavy atom. The van der Waals surface area contributed by atoms with E-state index in [4.69, 9.17) is 11.6 Å². The first-order valence-corrected chi connectivity index (χ1v) is 6.42. The number of hydrogen-bond acceptors (Lipinski definition) is 6. The van der Waals surface area contributed by atoms with E-state index in [-0.39, 0.29) is 11.9 Å². The van der Waals surface area contributed by atoms with Gasteiger partial charge < -0.3 is 16.1 Å². The number of nitrogens with zero attached hydrogens (tertiary/aromatic N) is 3. The minimum absolute atomic E-state index is 0.299. The largest absolute Gasteiger partial charge is 0.368 e. The summed E-state index contributed by atoms with van der Waals surface area (Å²) in [5.74, 6) is 7.09. The van der Waals surface area contributed by atoms with Gasteiger partial charge in [0.25, 0.3) is 0 Å². The smallest absolute Gasteiger partial charge is 0.240 e. The molecule has 1 unspecified atom stereocenters. The van der Waals surface area contributed by atoms with Gasteiger partial charge in [-0.05, 0) is 33.1 Å². The SMILES string of the molecule is Cc1nc(NN)c(C)c(N2CCCCC2C(N)=O)n1. The summed E-state index contributed by atoms with van der Waals surface area (Å²) in [6, 6.07) is -0.299. The second-order valence-corrected chi connectivity index (χ2v) is 4.82. The summed E-state index contributed by atoms with van der Waals surface area (Å²) in [7, 11) is 0. The fourth-order valence-electron chi connectivity index (χ4n) is 2.51. The molecule has 1 amide bonds. The number of carbonyl (C=O) groups is 1. The molecule has 1 aromatic rings. The number of aryl methyl sites for hydroxylation is 1. The van der Waals surface area contributed by atoms with Crippen molar-refractivity contribution in [2.24, 2.45) is 11.6 Å². The van der Waals surface area contributed by atoms with Gasteiger partial charge in [0.2, 0.25) is 5.91 Å². The lowest BCUT2D eigenvalue weighted by atomic mass is 10.0. The number of amides is 1. The minimum Gasteiger partial charge on any atom is -0.368 e. The topological polar surface area (TPSA) is 110 Å². The number of rotatable bonds is 3. The van der Waals surface area contributed by atoms with Crippen molar-refractivity contribution < 1.29 is 4.79 Å². The maximum Gasteiger partial charge on any atom is 0.240 e. The van der Waals surface area contributed by atoms with Gasteiger partial charge in [0.15, 0.2) is 0 Å². The van der Waals surface area contributed by atoms with Crippen molar-refractivity contribution in [1.82, 2.24) is 9.97 Å². The molecule has 1 fully saturated rings. The molecular formula is C12H20N6O. The van der Waals surface area contributed by atoms with Crippen LogP contribution in [0.1, 0.15) is 30.7 Å². The van der Waals surface area contributed by atoms with Gasteiger partial charge >= 0.3 is 0 Å². The van der Waals surface area contributed by atoms with E-state index in [1.807, 2.05) is 11.8 Å². The van der Waals surface area contributed by atoms with Crippen LogP contribution in [-0.4, -0.2) is 28.5 Å². The summed E-state index contributed by atoms with van der Waals surface area (Å²) in [5.41, 5.74) is 8.89. The molecule has 2 heterocycles. The first-order chi connectivity index (χ1) is 9.04. The van der Waals surface area contributed by atoms with E-state index < -0.39 is 0 Å². The van der Waals surface area contributed by atoms with Crippen LogP contribution in [0.3, 0.4) is 0 Å². The maximum atomic E-state index is 11.6. The number of carbonyl (C=O) groups excluding carboxylic acids is 1. The maximum absolute atomic E-state index is 11.6. The minimum atomic E-state index is -0.308. The number of nitrogens with one attached hydrogen (secondary N) is 1. The Balaban J connectivity index is 2.44. The molecule has 7 heteroatoms. The summed E-state index contributed by atoms with van der Waals surface area (Å²) in [5, 5.41) is 0. The Bertz CT molecular complexity index is 489. The fraction of sp³-hybridized carbons (Fsp3) is 0.583. The lowest BCUT2D eigenvalue weighted by molar-refractivity contribution is -0.119. The molecule has 0 saturated carbocycles. The predicted octanol–water partition coefficient (Wildman–Crippen LogP) is 0.223. The third kappa shape index (κ3) is 2.60. The van der Waals surface area contributed by atoms with E-state index in [1.54, 1.807) is 6.92 Å². The second kappa shape index (κ2) is 5.40. The van der Waals surface area contributed by atoms with E-state index in [0.717, 1.165) is 37.2 Å². The summed E-state index contributed by atoms with van der Waals surface area (Å²) < 4.78 is 0. The van der Waals surface area contributed by atoms with E-state index in [9.17, 15) is 4.79 Å². The molecule has 1 aliphatic heterocycles. The van der Waals surface area contributed by atoms with Gasteiger partial charge in [0.05, 0.1) is 0 Å². The predicted molar refractivity (Wildman–Crippen MR) is 73.5 cm³/mol. The summed E-state index contributed by atoms with van der Waals surface area (Å²) in [6.07, 6.45) is 2.80. The highest BCUT2D eigenvalue weighted by atomic mass is 16.1. The zero-order valence-corrected chi connectivity index (χ0v) is 11.3. The molecule has 0 spiro atoms. The zero-order valence-electron chi connectivity index (χ0n) is 11.3. The normalized spacial score (nSPS) is 19.3. The van der Waals surface area contributed by atoms with Crippen molar-refractivity contribution in [2.75, 3.05) is 16.9 Å². The molecule has 0 aromatic carbocycles. The third-order valence-electron chi connectivity index (χ3n) is 3.47. The summed E-state index contributed by atoms with van der Waals surface area (Å²) >= 11 is 0. The van der Waals surface area contributed by atoms with Crippen LogP contribution < -0.4 is 21.9 Å². The van der Waals surface area contributed by atoms with Crippen LogP contribution >= 0.6 is 0 Å². The molecule has 1 atom stereocenters. The molecule has 7 nitrogen and oxygen atoms in total. The van der Waals surface area contributed by atoms with Crippen molar-refractivity contribution in [3.8, 4) is 0 Å². The van der Waals surface area contributed by atoms with Gasteiger partial charge in [-0.25, -0.2) is 15.8 Å². The molecule has 5 N–H and O–H groups in total. The Hall–Kier alpha value is -1.89. The third-order valence-corrected chi connectivity index (χ3v) is 3.47. The molecule has 0 aliphatic carbocycles. The Morgan fingerprint density at radius 1 is 1.37 bits per heavy atom. The van der Waals surface area contributed by atoms with Crippen LogP contribution in [0.15, 0.2) is 0 Å². The van der Waals surface area contributed by atoms with Crippen LogP contribution in [-0.2, 0) is 4.79 Å². The van der Waals surface area contributed by atoms with Crippen molar-refractivity contribution in [3.05, 3.63) is 11.4 Å². The number of hydrazine groups is 1. The quantitative estimate of drug-likeness (QED) is 0.532. The molecule has 2 rings (SSSR count). The molecule has 19 heavy (non-hydrogen) atoms. The number of aromatic nitrogens is 2. The van der Waals surface area contributed by atoms with E-state index in [1.165, 1.54) is 0 Å². The Kier molecular flexibility index (Phi) is 3.84. The number of hydrogen-bond donors (Lipinski definition) is 3. The van der Waals surface area contributed by atoms with Crippen molar-refractivity contribution in [3.63, 3.8) is 0 Å². The standard InChI is InChI=1S/C12H20N6O/c1-7-11(17-14)15-8(2)16-12(7)18-6-4-3-5-9(18)10(13)19/h9H,3-6,14H2,1-2H3,(H2,13,19)(H,15,16,17). The van der Waals surface area contributed by atoms with Gasteiger partial charge in [-0.2, -0.15) is 0 Å². The van der Waals surface area contributed by atoms with Crippen LogP contribution in [0.2, 0.25) is 0 Å². The number of piperidine rings is 1. The van der Waals surface area contributed by atoms with Crippen LogP contribution in [0.4, 0.5) is 11.6 Å². The molecule has 1 aliphatic rings. The second-order valence-electron chi connectivity index (χ2n) is 4.82. The van der Waals surface area contributed by atoms with Crippen LogP contribution in [0, 0.1) is 13.8 Å². The van der Waals surface area contributed by atoms with E-state index in [2.05, 4.69) is 15.4 Å². The van der Waals surface area contributed by atoms with Gasteiger partial charge in [-0.3, -0.25) is 4.79 Å². The number of anilines is 2. The molecule has 104 valence electrons. The lowest BCUT2D eigenvalue weighted by Crippen LogP contribution is -2.48. The van der Waals surface area contributed by atoms with Gasteiger partial charge in [0.1, 0.15) is 23.5 Å². The molecule has 0 bridgehead atoms. The van der Waals surface area contributed by atoms with Gasteiger partial charge in [-0.15, -0.1) is 0 Å². The highest BCUT2D eigenvalue weighted by Crippen LogP contribution is 2.28. The average Bonchev–Trinajstić information content (AvgIpc) is 2.41. The van der Waals surface area contributed by atoms with Crippen LogP contribution in [0.5, 0.6) is 0 Å². The molecule has 1 aromatic heterocycles. The summed E-state index contributed by atoms with van der Waals surface area (Å²) in [4.78, 5) is 22.2. The van der Waals surface area contributed by atoms with Crippen molar-refractivity contribution in [1.29, 1.82) is 0 Å². The first kappa shape index (κ1) is 13.5. The fourth-order valence-corrected chi connectivity index (χ4v) is 2.51. The Morgan fingerprint density at radius 3 is 2.74 bits per heavy atom. The van der Waals surface area contributed by atoms with Gasteiger partial charge in [0, 0.05) is 12.1 Å². The van der Waals surface area contributed by atoms with Crippen LogP contribution in [0.25, 0.3) is 0 Å². The highest BCUT2D eigenvalue weighted by molar-refractivity contribution is 5.84.